The summed E-state index contributed by atoms with van der Waals surface area (Å²) in [6.45, 7) is 3.84. The lowest BCUT2D eigenvalue weighted by atomic mass is 9.89. The van der Waals surface area contributed by atoms with E-state index in [0.717, 1.165) is 0 Å². The van der Waals surface area contributed by atoms with Crippen molar-refractivity contribution in [2.24, 2.45) is 0 Å². The zero-order valence-corrected chi connectivity index (χ0v) is 10.5. The molecule has 0 bridgehead atoms. The molecule has 1 N–H and O–H groups in total. The molecule has 1 atom stereocenters. The lowest BCUT2D eigenvalue weighted by Gasteiger charge is -2.21. The summed E-state index contributed by atoms with van der Waals surface area (Å²) >= 11 is 0. The molecule has 2 rings (SSSR count). The number of imide groups is 1. The molecule has 0 radical (unpaired) electrons. The van der Waals surface area contributed by atoms with Crippen LogP contribution in [0, 0.1) is 5.82 Å². The second-order valence-corrected chi connectivity index (χ2v) is 4.94. The molecule has 1 fully saturated rings. The van der Waals surface area contributed by atoms with Gasteiger partial charge in [0.25, 0.3) is 0 Å². The molecule has 1 aromatic rings. The van der Waals surface area contributed by atoms with Crippen LogP contribution >= 0.6 is 0 Å². The van der Waals surface area contributed by atoms with E-state index in [9.17, 15) is 14.0 Å². The summed E-state index contributed by atoms with van der Waals surface area (Å²) in [6, 6.07) is 4.91. The first-order chi connectivity index (χ1) is 8.49. The van der Waals surface area contributed by atoms with Crippen LogP contribution in [0.25, 0.3) is 0 Å². The van der Waals surface area contributed by atoms with Gasteiger partial charge in [0, 0.05) is 6.42 Å². The summed E-state index contributed by atoms with van der Waals surface area (Å²) in [7, 11) is 0. The van der Waals surface area contributed by atoms with E-state index in [1.165, 1.54) is 6.07 Å². The zero-order chi connectivity index (χ0) is 13.3. The van der Waals surface area contributed by atoms with Crippen LogP contribution in [-0.2, 0) is 9.59 Å². The van der Waals surface area contributed by atoms with Crippen molar-refractivity contribution in [1.82, 2.24) is 5.32 Å². The average molecular weight is 249 g/mol. The van der Waals surface area contributed by atoms with Crippen LogP contribution in [0.5, 0.6) is 0 Å². The fourth-order valence-corrected chi connectivity index (χ4v) is 2.24. The van der Waals surface area contributed by atoms with Crippen LogP contribution < -0.4 is 5.32 Å². The van der Waals surface area contributed by atoms with E-state index < -0.39 is 5.92 Å². The van der Waals surface area contributed by atoms with Crippen molar-refractivity contribution in [2.45, 2.75) is 38.5 Å². The molecule has 1 aliphatic heterocycles. The number of piperidine rings is 1. The number of carbonyl (C=O) groups excluding carboxylic acids is 2. The van der Waals surface area contributed by atoms with Gasteiger partial charge in [-0.25, -0.2) is 4.39 Å². The SMILES string of the molecule is CC(C)c1ccc([C@H]2CCC(=O)NC2=O)cc1F. The fourth-order valence-electron chi connectivity index (χ4n) is 2.24. The second-order valence-electron chi connectivity index (χ2n) is 4.94. The molecule has 1 heterocycles. The van der Waals surface area contributed by atoms with Crippen molar-refractivity contribution < 1.29 is 14.0 Å². The molecule has 1 aromatic carbocycles. The third-order valence-corrected chi connectivity index (χ3v) is 3.29. The molecule has 0 aliphatic carbocycles. The van der Waals surface area contributed by atoms with Crippen molar-refractivity contribution >= 4 is 11.8 Å². The van der Waals surface area contributed by atoms with E-state index >= 15 is 0 Å². The van der Waals surface area contributed by atoms with Crippen molar-refractivity contribution in [2.75, 3.05) is 0 Å². The second kappa shape index (κ2) is 4.88. The molecule has 2 amide bonds. The van der Waals surface area contributed by atoms with Crippen molar-refractivity contribution in [3.8, 4) is 0 Å². The van der Waals surface area contributed by atoms with E-state index in [1.807, 2.05) is 13.8 Å². The summed E-state index contributed by atoms with van der Waals surface area (Å²) in [5, 5.41) is 2.28. The minimum atomic E-state index is -0.418. The Balaban J connectivity index is 2.27. The quantitative estimate of drug-likeness (QED) is 0.818. The number of benzene rings is 1. The standard InChI is InChI=1S/C14H16FNO2/c1-8(2)10-4-3-9(7-12(10)15)11-5-6-13(17)16-14(11)18/h3-4,7-8,11H,5-6H2,1-2H3,(H,16,17,18)/t11-/m1/s1. The van der Waals surface area contributed by atoms with Crippen LogP contribution in [0.3, 0.4) is 0 Å². The van der Waals surface area contributed by atoms with Crippen molar-refractivity contribution in [1.29, 1.82) is 0 Å². The Labute approximate surface area is 105 Å². The summed E-state index contributed by atoms with van der Waals surface area (Å²) in [6.07, 6.45) is 0.759. The highest BCUT2D eigenvalue weighted by molar-refractivity contribution is 6.00. The van der Waals surface area contributed by atoms with Gasteiger partial charge in [-0.1, -0.05) is 26.0 Å². The van der Waals surface area contributed by atoms with Gasteiger partial charge in [-0.3, -0.25) is 14.9 Å². The predicted octanol–water partition coefficient (Wildman–Crippen LogP) is 2.47. The number of rotatable bonds is 2. The molecule has 18 heavy (non-hydrogen) atoms. The highest BCUT2D eigenvalue weighted by atomic mass is 19.1. The van der Waals surface area contributed by atoms with Gasteiger partial charge >= 0.3 is 0 Å². The zero-order valence-electron chi connectivity index (χ0n) is 10.5. The van der Waals surface area contributed by atoms with Gasteiger partial charge in [0.05, 0.1) is 5.92 Å². The Morgan fingerprint density at radius 3 is 2.61 bits per heavy atom. The topological polar surface area (TPSA) is 46.2 Å². The summed E-state index contributed by atoms with van der Waals surface area (Å²) in [5.41, 5.74) is 1.29. The fraction of sp³-hybridized carbons (Fsp3) is 0.429. The van der Waals surface area contributed by atoms with Gasteiger partial charge in [0.2, 0.25) is 11.8 Å². The van der Waals surface area contributed by atoms with Crippen molar-refractivity contribution in [3.63, 3.8) is 0 Å². The number of halogens is 1. The minimum Gasteiger partial charge on any atom is -0.296 e. The monoisotopic (exact) mass is 249 g/mol. The summed E-state index contributed by atoms with van der Waals surface area (Å²) < 4.78 is 13.9. The molecule has 0 saturated carbocycles. The number of amides is 2. The van der Waals surface area contributed by atoms with E-state index in [2.05, 4.69) is 5.32 Å². The van der Waals surface area contributed by atoms with E-state index in [4.69, 9.17) is 0 Å². The van der Waals surface area contributed by atoms with E-state index in [0.29, 0.717) is 24.0 Å². The van der Waals surface area contributed by atoms with Gasteiger partial charge in [0.1, 0.15) is 5.82 Å². The van der Waals surface area contributed by atoms with Gasteiger partial charge < -0.3 is 0 Å². The largest absolute Gasteiger partial charge is 0.296 e. The molecule has 1 saturated heterocycles. The average Bonchev–Trinajstić information content (AvgIpc) is 2.28. The highest BCUT2D eigenvalue weighted by Gasteiger charge is 2.28. The van der Waals surface area contributed by atoms with Crippen LogP contribution in [0.4, 0.5) is 4.39 Å². The Morgan fingerprint density at radius 2 is 2.06 bits per heavy atom. The number of carbonyl (C=O) groups is 2. The molecular weight excluding hydrogens is 233 g/mol. The predicted molar refractivity (Wildman–Crippen MR) is 65.6 cm³/mol. The molecule has 3 nitrogen and oxygen atoms in total. The lowest BCUT2D eigenvalue weighted by Crippen LogP contribution is -2.39. The Hall–Kier alpha value is -1.71. The number of nitrogens with one attached hydrogen (secondary N) is 1. The van der Waals surface area contributed by atoms with Gasteiger partial charge in [-0.05, 0) is 29.5 Å². The lowest BCUT2D eigenvalue weighted by molar-refractivity contribution is -0.134. The molecule has 0 aromatic heterocycles. The van der Waals surface area contributed by atoms with Crippen LogP contribution in [0.2, 0.25) is 0 Å². The Bertz CT molecular complexity index is 497. The molecule has 0 spiro atoms. The first kappa shape index (κ1) is 12.7. The van der Waals surface area contributed by atoms with Crippen LogP contribution in [0.15, 0.2) is 18.2 Å². The van der Waals surface area contributed by atoms with Crippen molar-refractivity contribution in [3.05, 3.63) is 35.1 Å². The van der Waals surface area contributed by atoms with Crippen LogP contribution in [-0.4, -0.2) is 11.8 Å². The third-order valence-electron chi connectivity index (χ3n) is 3.29. The van der Waals surface area contributed by atoms with Gasteiger partial charge in [0.15, 0.2) is 0 Å². The third kappa shape index (κ3) is 2.42. The molecule has 4 heteroatoms. The number of hydrogen-bond acceptors (Lipinski definition) is 2. The van der Waals surface area contributed by atoms with E-state index in [-0.39, 0.29) is 23.5 Å². The normalized spacial score (nSPS) is 20.1. The maximum absolute atomic E-state index is 13.9. The summed E-state index contributed by atoms with van der Waals surface area (Å²) in [5.74, 6) is -1.18. The first-order valence-electron chi connectivity index (χ1n) is 6.12. The highest BCUT2D eigenvalue weighted by Crippen LogP contribution is 2.28. The molecule has 1 aliphatic rings. The van der Waals surface area contributed by atoms with Crippen LogP contribution in [0.1, 0.15) is 49.7 Å². The summed E-state index contributed by atoms with van der Waals surface area (Å²) in [4.78, 5) is 22.7. The van der Waals surface area contributed by atoms with E-state index in [1.54, 1.807) is 12.1 Å². The maximum Gasteiger partial charge on any atom is 0.234 e. The maximum atomic E-state index is 13.9. The molecule has 0 unspecified atom stereocenters. The number of hydrogen-bond donors (Lipinski definition) is 1. The minimum absolute atomic E-state index is 0.112. The van der Waals surface area contributed by atoms with Gasteiger partial charge in [-0.2, -0.15) is 0 Å². The Kier molecular flexibility index (Phi) is 3.45. The smallest absolute Gasteiger partial charge is 0.234 e. The molecule has 96 valence electrons. The first-order valence-corrected chi connectivity index (χ1v) is 6.12. The Morgan fingerprint density at radius 1 is 1.33 bits per heavy atom. The molecular formula is C14H16FNO2. The van der Waals surface area contributed by atoms with Gasteiger partial charge in [-0.15, -0.1) is 0 Å².